The van der Waals surface area contributed by atoms with E-state index in [4.69, 9.17) is 4.74 Å². The van der Waals surface area contributed by atoms with Gasteiger partial charge in [-0.15, -0.1) is 0 Å². The largest absolute Gasteiger partial charge is 0.465 e. The molecule has 1 aromatic heterocycles. The summed E-state index contributed by atoms with van der Waals surface area (Å²) in [5, 5.41) is 3.19. The molecule has 0 bridgehead atoms. The van der Waals surface area contributed by atoms with Crippen LogP contribution in [0.2, 0.25) is 0 Å². The zero-order chi connectivity index (χ0) is 31.6. The molecule has 46 heavy (non-hydrogen) atoms. The fourth-order valence-electron chi connectivity index (χ4n) is 6.64. The minimum absolute atomic E-state index is 0.0239. The van der Waals surface area contributed by atoms with Crippen LogP contribution in [0.5, 0.6) is 0 Å². The Morgan fingerprint density at radius 1 is 0.826 bits per heavy atom. The molecule has 1 aliphatic carbocycles. The van der Waals surface area contributed by atoms with Crippen LogP contribution in [0.15, 0.2) is 116 Å². The zero-order valence-corrected chi connectivity index (χ0v) is 25.7. The van der Waals surface area contributed by atoms with Crippen molar-refractivity contribution in [2.75, 3.05) is 13.7 Å². The third-order valence-electron chi connectivity index (χ3n) is 9.19. The lowest BCUT2D eigenvalue weighted by Crippen LogP contribution is -2.37. The third kappa shape index (κ3) is 5.84. The maximum atomic E-state index is 13.9. The SMILES string of the molecule is COC(=O)c1cccc(-c2ccc(CNC(=O)[C@@H]3C[C@H]3c3ccccc3)c3c2CCN(C(=O)c2cccc(-n4cccc4)c2)C3)c1. The van der Waals surface area contributed by atoms with Crippen LogP contribution >= 0.6 is 0 Å². The van der Waals surface area contributed by atoms with E-state index in [0.29, 0.717) is 37.2 Å². The number of hydrogen-bond acceptors (Lipinski definition) is 4. The minimum Gasteiger partial charge on any atom is -0.465 e. The number of aromatic nitrogens is 1. The highest BCUT2D eigenvalue weighted by Gasteiger charge is 2.43. The number of carbonyl (C=O) groups is 3. The van der Waals surface area contributed by atoms with Crippen LogP contribution in [-0.4, -0.2) is 40.9 Å². The van der Waals surface area contributed by atoms with E-state index in [-0.39, 0.29) is 29.6 Å². The summed E-state index contributed by atoms with van der Waals surface area (Å²) in [6.07, 6.45) is 5.42. The van der Waals surface area contributed by atoms with Crippen LogP contribution in [0.4, 0.5) is 0 Å². The molecule has 2 aliphatic rings. The van der Waals surface area contributed by atoms with Gasteiger partial charge in [-0.1, -0.05) is 60.7 Å². The molecule has 2 amide bonds. The van der Waals surface area contributed by atoms with E-state index >= 15 is 0 Å². The molecule has 7 rings (SSSR count). The molecule has 0 radical (unpaired) electrons. The van der Waals surface area contributed by atoms with Gasteiger partial charge < -0.3 is 19.5 Å². The second-order valence-electron chi connectivity index (χ2n) is 12.0. The molecule has 0 saturated heterocycles. The Morgan fingerprint density at radius 2 is 1.61 bits per heavy atom. The van der Waals surface area contributed by atoms with E-state index in [2.05, 4.69) is 23.5 Å². The fourth-order valence-corrected chi connectivity index (χ4v) is 6.64. The van der Waals surface area contributed by atoms with Gasteiger partial charge in [0.2, 0.25) is 5.91 Å². The maximum Gasteiger partial charge on any atom is 0.337 e. The van der Waals surface area contributed by atoms with Gasteiger partial charge in [-0.05, 0) is 94.6 Å². The number of nitrogens with zero attached hydrogens (tertiary/aromatic N) is 2. The summed E-state index contributed by atoms with van der Waals surface area (Å²) in [6.45, 7) is 1.36. The predicted molar refractivity (Wildman–Crippen MR) is 177 cm³/mol. The summed E-state index contributed by atoms with van der Waals surface area (Å²) in [7, 11) is 1.38. The standard InChI is InChI=1S/C39H35N3O4/c1-46-39(45)29-13-7-11-27(21-29)32-16-15-30(24-40-37(43)35-23-34(35)26-9-3-2-4-10-26)36-25-42(20-17-33(32)36)38(44)28-12-8-14-31(22-28)41-18-5-6-19-41/h2-16,18-19,21-22,34-35H,17,20,23-25H2,1H3,(H,40,43)/t34-,35+/m0/s1. The van der Waals surface area contributed by atoms with Gasteiger partial charge in [-0.2, -0.15) is 0 Å². The van der Waals surface area contributed by atoms with Crippen molar-refractivity contribution in [2.24, 2.45) is 5.92 Å². The highest BCUT2D eigenvalue weighted by Crippen LogP contribution is 2.47. The lowest BCUT2D eigenvalue weighted by atomic mass is 9.87. The Kier molecular flexibility index (Phi) is 7.97. The smallest absolute Gasteiger partial charge is 0.337 e. The number of methoxy groups -OCH3 is 1. The Morgan fingerprint density at radius 3 is 2.41 bits per heavy atom. The quantitative estimate of drug-likeness (QED) is 0.202. The maximum absolute atomic E-state index is 13.9. The lowest BCUT2D eigenvalue weighted by Gasteiger charge is -2.32. The lowest BCUT2D eigenvalue weighted by molar-refractivity contribution is -0.122. The first-order valence-corrected chi connectivity index (χ1v) is 15.7. The van der Waals surface area contributed by atoms with Crippen LogP contribution in [-0.2, 0) is 29.0 Å². The normalized spacial score (nSPS) is 16.8. The summed E-state index contributed by atoms with van der Waals surface area (Å²) in [5.41, 5.74) is 8.34. The molecular weight excluding hydrogens is 574 g/mol. The molecule has 0 unspecified atom stereocenters. The first-order chi connectivity index (χ1) is 22.5. The van der Waals surface area contributed by atoms with Gasteiger partial charge in [0.15, 0.2) is 0 Å². The summed E-state index contributed by atoms with van der Waals surface area (Å²) in [5.74, 6) is -0.124. The number of benzene rings is 4. The van der Waals surface area contributed by atoms with Gasteiger partial charge >= 0.3 is 5.97 Å². The van der Waals surface area contributed by atoms with E-state index in [1.165, 1.54) is 12.7 Å². The summed E-state index contributed by atoms with van der Waals surface area (Å²) < 4.78 is 6.95. The van der Waals surface area contributed by atoms with Crippen molar-refractivity contribution in [1.29, 1.82) is 0 Å². The van der Waals surface area contributed by atoms with Crippen molar-refractivity contribution < 1.29 is 19.1 Å². The number of hydrogen-bond donors (Lipinski definition) is 1. The Bertz CT molecular complexity index is 1920. The number of fused-ring (bicyclic) bond motifs is 1. The molecule has 1 aliphatic heterocycles. The van der Waals surface area contributed by atoms with Crippen LogP contribution < -0.4 is 5.32 Å². The van der Waals surface area contributed by atoms with E-state index in [9.17, 15) is 14.4 Å². The van der Waals surface area contributed by atoms with Crippen molar-refractivity contribution in [3.05, 3.63) is 149 Å². The molecule has 5 aromatic rings. The molecule has 230 valence electrons. The average molecular weight is 610 g/mol. The highest BCUT2D eigenvalue weighted by atomic mass is 16.5. The first kappa shape index (κ1) is 29.3. The summed E-state index contributed by atoms with van der Waals surface area (Å²) in [4.78, 5) is 41.3. The fraction of sp³-hybridized carbons (Fsp3) is 0.205. The van der Waals surface area contributed by atoms with Crippen LogP contribution in [0.1, 0.15) is 55.3 Å². The van der Waals surface area contributed by atoms with Crippen LogP contribution in [0, 0.1) is 5.92 Å². The summed E-state index contributed by atoms with van der Waals surface area (Å²) >= 11 is 0. The molecular formula is C39H35N3O4. The van der Waals surface area contributed by atoms with Gasteiger partial charge in [0, 0.05) is 49.2 Å². The molecule has 2 atom stereocenters. The molecule has 0 spiro atoms. The minimum atomic E-state index is -0.386. The van der Waals surface area contributed by atoms with Gasteiger partial charge in [0.05, 0.1) is 12.7 Å². The van der Waals surface area contributed by atoms with Crippen molar-refractivity contribution in [1.82, 2.24) is 14.8 Å². The number of nitrogens with one attached hydrogen (secondary N) is 1. The van der Waals surface area contributed by atoms with Gasteiger partial charge in [-0.3, -0.25) is 9.59 Å². The second-order valence-corrected chi connectivity index (χ2v) is 12.0. The number of esters is 1. The highest BCUT2D eigenvalue weighted by molar-refractivity contribution is 5.95. The molecule has 7 nitrogen and oxygen atoms in total. The van der Waals surface area contributed by atoms with Gasteiger partial charge in [0.1, 0.15) is 0 Å². The monoisotopic (exact) mass is 609 g/mol. The number of amides is 2. The van der Waals surface area contributed by atoms with Gasteiger partial charge in [0.25, 0.3) is 5.91 Å². The molecule has 1 fully saturated rings. The number of rotatable bonds is 8. The van der Waals surface area contributed by atoms with Crippen molar-refractivity contribution >= 4 is 17.8 Å². The molecule has 4 aromatic carbocycles. The molecule has 1 N–H and O–H groups in total. The molecule has 2 heterocycles. The Balaban J connectivity index is 1.17. The van der Waals surface area contributed by atoms with Crippen molar-refractivity contribution in [3.8, 4) is 16.8 Å². The van der Waals surface area contributed by atoms with E-state index in [1.54, 1.807) is 6.07 Å². The zero-order valence-electron chi connectivity index (χ0n) is 25.7. The predicted octanol–water partition coefficient (Wildman–Crippen LogP) is 6.55. The Hall–Kier alpha value is -5.43. The van der Waals surface area contributed by atoms with E-state index in [1.807, 2.05) is 101 Å². The van der Waals surface area contributed by atoms with Crippen LogP contribution in [0.25, 0.3) is 16.8 Å². The Labute approximate surface area is 268 Å². The third-order valence-corrected chi connectivity index (χ3v) is 9.19. The van der Waals surface area contributed by atoms with E-state index < -0.39 is 0 Å². The van der Waals surface area contributed by atoms with Crippen molar-refractivity contribution in [3.63, 3.8) is 0 Å². The average Bonchev–Trinajstić information content (AvgIpc) is 3.73. The molecule has 7 heteroatoms. The molecule has 1 saturated carbocycles. The van der Waals surface area contributed by atoms with Gasteiger partial charge in [-0.25, -0.2) is 4.79 Å². The topological polar surface area (TPSA) is 80.6 Å². The second kappa shape index (κ2) is 12.5. The summed E-state index contributed by atoms with van der Waals surface area (Å²) in [6, 6.07) is 33.3. The van der Waals surface area contributed by atoms with Crippen LogP contribution in [0.3, 0.4) is 0 Å². The number of ether oxygens (including phenoxy) is 1. The van der Waals surface area contributed by atoms with E-state index in [0.717, 1.165) is 39.9 Å². The first-order valence-electron chi connectivity index (χ1n) is 15.7. The van der Waals surface area contributed by atoms with Crippen molar-refractivity contribution in [2.45, 2.75) is 31.8 Å². The number of carbonyl (C=O) groups excluding carboxylic acids is 3.